The van der Waals surface area contributed by atoms with Gasteiger partial charge in [-0.3, -0.25) is 4.79 Å². The number of rotatable bonds is 5. The highest BCUT2D eigenvalue weighted by Crippen LogP contribution is 2.27. The molecule has 0 radical (unpaired) electrons. The SMILES string of the molecule is CN(CC(F)F)C(=O)CCC1CCC(N)CC1. The molecule has 0 bridgehead atoms. The number of carbonyl (C=O) groups is 1. The molecule has 17 heavy (non-hydrogen) atoms. The largest absolute Gasteiger partial charge is 0.340 e. The third kappa shape index (κ3) is 5.44. The molecular weight excluding hydrogens is 226 g/mol. The Morgan fingerprint density at radius 3 is 2.47 bits per heavy atom. The van der Waals surface area contributed by atoms with Crippen molar-refractivity contribution >= 4 is 5.91 Å². The second-order valence-corrected chi connectivity index (χ2v) is 4.98. The molecule has 0 atom stereocenters. The van der Waals surface area contributed by atoms with Crippen molar-refractivity contribution in [2.75, 3.05) is 13.6 Å². The Balaban J connectivity index is 2.19. The fourth-order valence-corrected chi connectivity index (χ4v) is 2.30. The van der Waals surface area contributed by atoms with Crippen molar-refractivity contribution in [1.29, 1.82) is 0 Å². The maximum Gasteiger partial charge on any atom is 0.255 e. The van der Waals surface area contributed by atoms with Crippen LogP contribution in [-0.4, -0.2) is 36.9 Å². The van der Waals surface area contributed by atoms with Gasteiger partial charge in [-0.1, -0.05) is 0 Å². The van der Waals surface area contributed by atoms with Gasteiger partial charge in [0.25, 0.3) is 6.43 Å². The molecule has 0 aliphatic heterocycles. The van der Waals surface area contributed by atoms with E-state index in [1.807, 2.05) is 0 Å². The minimum atomic E-state index is -2.45. The molecule has 0 heterocycles. The van der Waals surface area contributed by atoms with Crippen molar-refractivity contribution in [2.45, 2.75) is 51.0 Å². The van der Waals surface area contributed by atoms with Crippen molar-refractivity contribution in [3.63, 3.8) is 0 Å². The molecule has 1 aliphatic carbocycles. The highest BCUT2D eigenvalue weighted by molar-refractivity contribution is 5.75. The molecule has 3 nitrogen and oxygen atoms in total. The quantitative estimate of drug-likeness (QED) is 0.809. The van der Waals surface area contributed by atoms with Gasteiger partial charge in [0.15, 0.2) is 0 Å². The van der Waals surface area contributed by atoms with E-state index in [1.54, 1.807) is 0 Å². The molecule has 100 valence electrons. The summed E-state index contributed by atoms with van der Waals surface area (Å²) in [5.74, 6) is 0.360. The first-order valence-electron chi connectivity index (χ1n) is 6.26. The molecule has 1 amide bonds. The lowest BCUT2D eigenvalue weighted by Crippen LogP contribution is -2.32. The Labute approximate surface area is 101 Å². The van der Waals surface area contributed by atoms with Gasteiger partial charge >= 0.3 is 0 Å². The molecule has 1 aliphatic rings. The van der Waals surface area contributed by atoms with Gasteiger partial charge in [-0.05, 0) is 38.0 Å². The summed E-state index contributed by atoms with van der Waals surface area (Å²) < 4.78 is 24.2. The first kappa shape index (κ1) is 14.4. The monoisotopic (exact) mass is 248 g/mol. The zero-order chi connectivity index (χ0) is 12.8. The first-order chi connectivity index (χ1) is 7.99. The van der Waals surface area contributed by atoms with Crippen LogP contribution in [0.4, 0.5) is 8.78 Å². The molecule has 1 fully saturated rings. The number of carbonyl (C=O) groups excluding carboxylic acids is 1. The van der Waals surface area contributed by atoms with Crippen LogP contribution >= 0.6 is 0 Å². The highest BCUT2D eigenvalue weighted by atomic mass is 19.3. The van der Waals surface area contributed by atoms with E-state index in [0.717, 1.165) is 37.0 Å². The molecule has 2 N–H and O–H groups in total. The second kappa shape index (κ2) is 6.89. The Morgan fingerprint density at radius 2 is 1.94 bits per heavy atom. The Kier molecular flexibility index (Phi) is 5.82. The lowest BCUT2D eigenvalue weighted by Gasteiger charge is -2.26. The Bertz CT molecular complexity index is 241. The van der Waals surface area contributed by atoms with Crippen LogP contribution in [0.1, 0.15) is 38.5 Å². The highest BCUT2D eigenvalue weighted by Gasteiger charge is 2.20. The van der Waals surface area contributed by atoms with Crippen LogP contribution in [0, 0.1) is 5.92 Å². The van der Waals surface area contributed by atoms with Gasteiger partial charge in [0.1, 0.15) is 0 Å². The summed E-state index contributed by atoms with van der Waals surface area (Å²) in [6, 6.07) is 0.309. The predicted octanol–water partition coefficient (Wildman–Crippen LogP) is 2.01. The summed E-state index contributed by atoms with van der Waals surface area (Å²) in [6.45, 7) is -0.464. The molecule has 0 spiro atoms. The maximum atomic E-state index is 12.1. The van der Waals surface area contributed by atoms with Crippen LogP contribution in [0.3, 0.4) is 0 Å². The average Bonchev–Trinajstić information content (AvgIpc) is 2.27. The van der Waals surface area contributed by atoms with E-state index in [0.29, 0.717) is 18.4 Å². The number of alkyl halides is 2. The third-order valence-corrected chi connectivity index (χ3v) is 3.50. The maximum absolute atomic E-state index is 12.1. The van der Waals surface area contributed by atoms with Gasteiger partial charge in [0.2, 0.25) is 5.91 Å². The first-order valence-corrected chi connectivity index (χ1v) is 6.26. The fraction of sp³-hybridized carbons (Fsp3) is 0.917. The van der Waals surface area contributed by atoms with Crippen molar-refractivity contribution in [3.8, 4) is 0 Å². The fourth-order valence-electron chi connectivity index (χ4n) is 2.30. The van der Waals surface area contributed by atoms with Crippen LogP contribution in [0.15, 0.2) is 0 Å². The summed E-state index contributed by atoms with van der Waals surface area (Å²) in [6.07, 6.45) is 2.90. The van der Waals surface area contributed by atoms with Crippen molar-refractivity contribution in [3.05, 3.63) is 0 Å². The topological polar surface area (TPSA) is 46.3 Å². The van der Waals surface area contributed by atoms with E-state index < -0.39 is 13.0 Å². The normalized spacial score (nSPS) is 25.0. The lowest BCUT2D eigenvalue weighted by molar-refractivity contribution is -0.132. The molecule has 5 heteroatoms. The number of nitrogens with zero attached hydrogens (tertiary/aromatic N) is 1. The van der Waals surface area contributed by atoms with Crippen molar-refractivity contribution in [2.24, 2.45) is 11.7 Å². The van der Waals surface area contributed by atoms with E-state index in [-0.39, 0.29) is 5.91 Å². The summed E-state index contributed by atoms with van der Waals surface area (Å²) >= 11 is 0. The molecule has 0 aromatic rings. The summed E-state index contributed by atoms with van der Waals surface area (Å²) in [5, 5.41) is 0. The third-order valence-electron chi connectivity index (χ3n) is 3.50. The molecule has 1 rings (SSSR count). The summed E-state index contributed by atoms with van der Waals surface area (Å²) in [7, 11) is 1.44. The Hall–Kier alpha value is -0.710. The lowest BCUT2D eigenvalue weighted by atomic mass is 9.84. The van der Waals surface area contributed by atoms with Crippen LogP contribution in [0.2, 0.25) is 0 Å². The Morgan fingerprint density at radius 1 is 1.35 bits per heavy atom. The minimum Gasteiger partial charge on any atom is -0.340 e. The molecule has 0 unspecified atom stereocenters. The molecule has 0 saturated heterocycles. The minimum absolute atomic E-state index is 0.180. The van der Waals surface area contributed by atoms with E-state index in [1.165, 1.54) is 7.05 Å². The summed E-state index contributed by atoms with van der Waals surface area (Å²) in [5.41, 5.74) is 5.80. The smallest absolute Gasteiger partial charge is 0.255 e. The van der Waals surface area contributed by atoms with Crippen LogP contribution in [0.5, 0.6) is 0 Å². The number of hydrogen-bond acceptors (Lipinski definition) is 2. The van der Waals surface area contributed by atoms with Crippen LogP contribution in [-0.2, 0) is 4.79 Å². The second-order valence-electron chi connectivity index (χ2n) is 4.98. The standard InChI is InChI=1S/C12H22F2N2O/c1-16(8-11(13)14)12(17)7-4-9-2-5-10(15)6-3-9/h9-11H,2-8,15H2,1H3. The predicted molar refractivity (Wildman–Crippen MR) is 62.8 cm³/mol. The average molecular weight is 248 g/mol. The number of amides is 1. The van der Waals surface area contributed by atoms with Gasteiger partial charge in [0.05, 0.1) is 6.54 Å². The molecular formula is C12H22F2N2O. The molecule has 0 aromatic carbocycles. The number of nitrogens with two attached hydrogens (primary N) is 1. The molecule has 0 aromatic heterocycles. The number of halogens is 2. The summed E-state index contributed by atoms with van der Waals surface area (Å²) in [4.78, 5) is 12.7. The van der Waals surface area contributed by atoms with E-state index in [4.69, 9.17) is 5.73 Å². The van der Waals surface area contributed by atoms with Crippen LogP contribution in [0.25, 0.3) is 0 Å². The number of hydrogen-bond donors (Lipinski definition) is 1. The van der Waals surface area contributed by atoms with Crippen molar-refractivity contribution < 1.29 is 13.6 Å². The van der Waals surface area contributed by atoms with E-state index in [9.17, 15) is 13.6 Å². The van der Waals surface area contributed by atoms with E-state index in [2.05, 4.69) is 0 Å². The van der Waals surface area contributed by atoms with Gasteiger partial charge in [-0.2, -0.15) is 0 Å². The zero-order valence-corrected chi connectivity index (χ0v) is 10.4. The van der Waals surface area contributed by atoms with Gasteiger partial charge in [-0.15, -0.1) is 0 Å². The van der Waals surface area contributed by atoms with Gasteiger partial charge in [0, 0.05) is 19.5 Å². The zero-order valence-electron chi connectivity index (χ0n) is 10.4. The van der Waals surface area contributed by atoms with Crippen LogP contribution < -0.4 is 5.73 Å². The van der Waals surface area contributed by atoms with Gasteiger partial charge < -0.3 is 10.6 Å². The van der Waals surface area contributed by atoms with E-state index >= 15 is 0 Å². The van der Waals surface area contributed by atoms with Gasteiger partial charge in [-0.25, -0.2) is 8.78 Å². The van der Waals surface area contributed by atoms with Crippen molar-refractivity contribution in [1.82, 2.24) is 4.90 Å². The molecule has 1 saturated carbocycles.